The van der Waals surface area contributed by atoms with Gasteiger partial charge in [0.2, 0.25) is 0 Å². The molecule has 3 nitrogen and oxygen atoms in total. The predicted molar refractivity (Wildman–Crippen MR) is 50.7 cm³/mol. The molecule has 1 aromatic rings. The second kappa shape index (κ2) is 4.72. The normalized spacial score (nSPS) is 10.7. The molecule has 1 heterocycles. The summed E-state index contributed by atoms with van der Waals surface area (Å²) in [6.45, 7) is 0. The van der Waals surface area contributed by atoms with E-state index in [1.54, 1.807) is 0 Å². The molecule has 15 heavy (non-hydrogen) atoms. The summed E-state index contributed by atoms with van der Waals surface area (Å²) in [5.41, 5.74) is -1.13. The summed E-state index contributed by atoms with van der Waals surface area (Å²) in [6, 6.07) is 1.09. The maximum atomic E-state index is 12.3. The summed E-state index contributed by atoms with van der Waals surface area (Å²) in [5.74, 6) is -1.57. The molecule has 0 saturated carbocycles. The minimum Gasteiger partial charge on any atom is -0.477 e. The van der Waals surface area contributed by atoms with E-state index in [4.69, 9.17) is 28.3 Å². The van der Waals surface area contributed by atoms with Gasteiger partial charge in [0.15, 0.2) is 5.69 Å². The summed E-state index contributed by atoms with van der Waals surface area (Å²) in [6.07, 6.45) is -2.92. The first-order valence-corrected chi connectivity index (χ1v) is 4.65. The van der Waals surface area contributed by atoms with Crippen molar-refractivity contribution in [2.75, 3.05) is 0 Å². The van der Waals surface area contributed by atoms with Crippen molar-refractivity contribution >= 4 is 29.2 Å². The van der Waals surface area contributed by atoms with Gasteiger partial charge in [0, 0.05) is 11.4 Å². The molecule has 0 spiro atoms. The Morgan fingerprint density at radius 3 is 2.60 bits per heavy atom. The molecule has 1 N–H and O–H groups in total. The van der Waals surface area contributed by atoms with Crippen LogP contribution in [0.25, 0.3) is 0 Å². The van der Waals surface area contributed by atoms with E-state index in [-0.39, 0.29) is 16.5 Å². The second-order valence-corrected chi connectivity index (χ2v) is 3.28. The molecule has 0 saturated heterocycles. The Kier molecular flexibility index (Phi) is 3.82. The lowest BCUT2D eigenvalue weighted by Gasteiger charge is -2.07. The predicted octanol–water partition coefficient (Wildman–Crippen LogP) is 3.11. The molecule has 0 radical (unpaired) electrons. The summed E-state index contributed by atoms with van der Waals surface area (Å²) < 4.78 is 24.7. The van der Waals surface area contributed by atoms with Crippen molar-refractivity contribution in [3.05, 3.63) is 28.0 Å². The molecule has 0 aliphatic carbocycles. The molecule has 7 heteroatoms. The Hall–Kier alpha value is -0.940. The molecule has 1 aromatic heterocycles. The molecule has 0 atom stereocenters. The molecule has 0 bridgehead atoms. The number of carboxylic acids is 1. The van der Waals surface area contributed by atoms with Crippen molar-refractivity contribution in [1.29, 1.82) is 0 Å². The molecule has 0 aromatic carbocycles. The van der Waals surface area contributed by atoms with Gasteiger partial charge in [0.25, 0.3) is 6.43 Å². The van der Waals surface area contributed by atoms with Gasteiger partial charge in [0.1, 0.15) is 5.69 Å². The van der Waals surface area contributed by atoms with Gasteiger partial charge in [-0.3, -0.25) is 0 Å². The van der Waals surface area contributed by atoms with E-state index >= 15 is 0 Å². The van der Waals surface area contributed by atoms with Gasteiger partial charge in [-0.05, 0) is 6.07 Å². The van der Waals surface area contributed by atoms with E-state index in [0.717, 1.165) is 6.07 Å². The van der Waals surface area contributed by atoms with E-state index in [2.05, 4.69) is 4.98 Å². The average molecular weight is 256 g/mol. The number of aromatic carboxylic acids is 1. The molecule has 1 rings (SSSR count). The second-order valence-electron chi connectivity index (χ2n) is 2.60. The number of alkyl halides is 3. The highest BCUT2D eigenvalue weighted by molar-refractivity contribution is 6.31. The number of nitrogens with zero attached hydrogens (tertiary/aromatic N) is 1. The van der Waals surface area contributed by atoms with Crippen LogP contribution in [0, 0.1) is 0 Å². The minimum absolute atomic E-state index is 0.110. The third-order valence-electron chi connectivity index (χ3n) is 1.64. The Morgan fingerprint density at radius 2 is 2.20 bits per heavy atom. The van der Waals surface area contributed by atoms with Gasteiger partial charge in [-0.25, -0.2) is 18.6 Å². The first-order valence-electron chi connectivity index (χ1n) is 3.74. The van der Waals surface area contributed by atoms with E-state index in [1.807, 2.05) is 0 Å². The first kappa shape index (κ1) is 12.1. The Labute approximate surface area is 93.6 Å². The average Bonchev–Trinajstić information content (AvgIpc) is 2.16. The third-order valence-corrected chi connectivity index (χ3v) is 2.23. The van der Waals surface area contributed by atoms with Crippen LogP contribution in [0.5, 0.6) is 0 Å². The number of pyridine rings is 1. The number of aromatic nitrogens is 1. The van der Waals surface area contributed by atoms with Crippen LogP contribution in [-0.4, -0.2) is 16.1 Å². The van der Waals surface area contributed by atoms with Crippen molar-refractivity contribution in [1.82, 2.24) is 4.98 Å². The summed E-state index contributed by atoms with van der Waals surface area (Å²) in [7, 11) is 0. The highest BCUT2D eigenvalue weighted by Gasteiger charge is 2.20. The largest absolute Gasteiger partial charge is 0.477 e. The van der Waals surface area contributed by atoms with Crippen molar-refractivity contribution in [2.24, 2.45) is 0 Å². The number of carbonyl (C=O) groups is 1. The van der Waals surface area contributed by atoms with Crippen LogP contribution >= 0.6 is 23.2 Å². The summed E-state index contributed by atoms with van der Waals surface area (Å²) in [4.78, 5) is 13.9. The van der Waals surface area contributed by atoms with Crippen LogP contribution in [0.1, 0.15) is 28.2 Å². The molecule has 0 amide bonds. The Balaban J connectivity index is 3.37. The molecular formula is C8H5Cl2F2NO2. The molecular weight excluding hydrogens is 251 g/mol. The zero-order valence-corrected chi connectivity index (χ0v) is 8.69. The Bertz CT molecular complexity index is 398. The van der Waals surface area contributed by atoms with Gasteiger partial charge >= 0.3 is 5.97 Å². The fraction of sp³-hybridized carbons (Fsp3) is 0.250. The highest BCUT2D eigenvalue weighted by atomic mass is 35.5. The molecule has 82 valence electrons. The fourth-order valence-corrected chi connectivity index (χ4v) is 1.44. The molecule has 0 unspecified atom stereocenters. The minimum atomic E-state index is -2.92. The Morgan fingerprint density at radius 1 is 1.60 bits per heavy atom. The van der Waals surface area contributed by atoms with Crippen molar-refractivity contribution in [2.45, 2.75) is 12.3 Å². The van der Waals surface area contributed by atoms with Gasteiger partial charge < -0.3 is 5.11 Å². The van der Waals surface area contributed by atoms with Crippen molar-refractivity contribution in [3.8, 4) is 0 Å². The van der Waals surface area contributed by atoms with Crippen molar-refractivity contribution < 1.29 is 18.7 Å². The maximum absolute atomic E-state index is 12.3. The number of rotatable bonds is 3. The molecule has 0 aliphatic heterocycles. The zero-order valence-electron chi connectivity index (χ0n) is 7.18. The smallest absolute Gasteiger partial charge is 0.354 e. The zero-order chi connectivity index (χ0) is 11.6. The topological polar surface area (TPSA) is 50.2 Å². The third kappa shape index (κ3) is 2.54. The summed E-state index contributed by atoms with van der Waals surface area (Å²) >= 11 is 10.9. The van der Waals surface area contributed by atoms with Crippen LogP contribution in [0.2, 0.25) is 5.02 Å². The first-order chi connectivity index (χ1) is 6.97. The monoisotopic (exact) mass is 255 g/mol. The van der Waals surface area contributed by atoms with Crippen LogP contribution < -0.4 is 0 Å². The van der Waals surface area contributed by atoms with E-state index in [9.17, 15) is 13.6 Å². The standard InChI is InChI=1S/C8H5Cl2F2NO2/c9-2-3-1-4(10)6(7(11)12)13-5(3)8(14)15/h1,7H,2H2,(H,14,15). The van der Waals surface area contributed by atoms with Gasteiger partial charge in [0.05, 0.1) is 5.02 Å². The fourth-order valence-electron chi connectivity index (χ4n) is 0.981. The van der Waals surface area contributed by atoms with Gasteiger partial charge in [-0.2, -0.15) is 0 Å². The summed E-state index contributed by atoms with van der Waals surface area (Å²) in [5, 5.41) is 8.40. The number of hydrogen-bond donors (Lipinski definition) is 1. The van der Waals surface area contributed by atoms with Crippen LogP contribution in [0.4, 0.5) is 8.78 Å². The lowest BCUT2D eigenvalue weighted by Crippen LogP contribution is -2.08. The van der Waals surface area contributed by atoms with Crippen LogP contribution in [0.15, 0.2) is 6.07 Å². The lowest BCUT2D eigenvalue weighted by molar-refractivity contribution is 0.0687. The highest BCUT2D eigenvalue weighted by Crippen LogP contribution is 2.27. The maximum Gasteiger partial charge on any atom is 0.354 e. The number of carboxylic acid groups (broad SMARTS) is 1. The lowest BCUT2D eigenvalue weighted by atomic mass is 10.2. The van der Waals surface area contributed by atoms with E-state index < -0.39 is 23.8 Å². The molecule has 0 fully saturated rings. The number of halogens is 4. The van der Waals surface area contributed by atoms with Crippen LogP contribution in [0.3, 0.4) is 0 Å². The van der Waals surface area contributed by atoms with Crippen LogP contribution in [-0.2, 0) is 5.88 Å². The molecule has 0 aliphatic rings. The van der Waals surface area contributed by atoms with E-state index in [1.165, 1.54) is 0 Å². The van der Waals surface area contributed by atoms with Gasteiger partial charge in [-0.1, -0.05) is 11.6 Å². The quantitative estimate of drug-likeness (QED) is 0.845. The van der Waals surface area contributed by atoms with Gasteiger partial charge in [-0.15, -0.1) is 11.6 Å². The number of hydrogen-bond acceptors (Lipinski definition) is 2. The van der Waals surface area contributed by atoms with E-state index in [0.29, 0.717) is 0 Å². The van der Waals surface area contributed by atoms with Crippen molar-refractivity contribution in [3.63, 3.8) is 0 Å². The SMILES string of the molecule is O=C(O)c1nc(C(F)F)c(Cl)cc1CCl.